The number of ether oxygens (including phenoxy) is 1. The average molecular weight is 273 g/mol. The fourth-order valence-electron chi connectivity index (χ4n) is 1.38. The van der Waals surface area contributed by atoms with Gasteiger partial charge in [-0.2, -0.15) is 0 Å². The minimum atomic E-state index is -3.45. The summed E-state index contributed by atoms with van der Waals surface area (Å²) in [5.74, 6) is 0. The standard InChI is InChI=1S/C11H19N3O3S/c1-3-17-7-6-14-11-8-9(4-5-10(11)12)18(15,16)13-2/h4-5,8,13-14H,3,6-7,12H2,1-2H3. The van der Waals surface area contributed by atoms with Gasteiger partial charge in [0.15, 0.2) is 0 Å². The summed E-state index contributed by atoms with van der Waals surface area (Å²) in [7, 11) is -2.08. The van der Waals surface area contributed by atoms with Crippen LogP contribution in [0.3, 0.4) is 0 Å². The first-order valence-electron chi connectivity index (χ1n) is 5.66. The number of sulfonamides is 1. The van der Waals surface area contributed by atoms with E-state index in [1.807, 2.05) is 6.92 Å². The van der Waals surface area contributed by atoms with Crippen molar-refractivity contribution in [2.45, 2.75) is 11.8 Å². The van der Waals surface area contributed by atoms with E-state index >= 15 is 0 Å². The second-order valence-electron chi connectivity index (χ2n) is 3.58. The predicted octanol–water partition coefficient (Wildman–Crippen LogP) is 0.625. The summed E-state index contributed by atoms with van der Waals surface area (Å²) >= 11 is 0. The second kappa shape index (κ2) is 6.58. The van der Waals surface area contributed by atoms with Crippen LogP contribution in [0.25, 0.3) is 0 Å². The first-order valence-corrected chi connectivity index (χ1v) is 7.14. The van der Waals surface area contributed by atoms with Crippen molar-refractivity contribution in [3.8, 4) is 0 Å². The normalized spacial score (nSPS) is 11.4. The van der Waals surface area contributed by atoms with Crippen molar-refractivity contribution in [3.63, 3.8) is 0 Å². The molecule has 18 heavy (non-hydrogen) atoms. The van der Waals surface area contributed by atoms with Crippen LogP contribution in [0.15, 0.2) is 23.1 Å². The Hall–Kier alpha value is -1.31. The lowest BCUT2D eigenvalue weighted by atomic mass is 10.2. The third-order valence-corrected chi connectivity index (χ3v) is 3.78. The molecule has 0 bridgehead atoms. The molecule has 0 saturated carbocycles. The van der Waals surface area contributed by atoms with Crippen LogP contribution in [0.4, 0.5) is 11.4 Å². The molecule has 102 valence electrons. The molecule has 0 spiro atoms. The van der Waals surface area contributed by atoms with E-state index < -0.39 is 10.0 Å². The first-order chi connectivity index (χ1) is 8.51. The number of nitrogens with one attached hydrogen (secondary N) is 2. The molecule has 0 aliphatic carbocycles. The zero-order valence-corrected chi connectivity index (χ0v) is 11.4. The lowest BCUT2D eigenvalue weighted by Gasteiger charge is -2.11. The van der Waals surface area contributed by atoms with Gasteiger partial charge in [0.25, 0.3) is 0 Å². The Kier molecular flexibility index (Phi) is 5.39. The van der Waals surface area contributed by atoms with Crippen LogP contribution in [0.2, 0.25) is 0 Å². The third kappa shape index (κ3) is 3.86. The van der Waals surface area contributed by atoms with Crippen LogP contribution in [0.5, 0.6) is 0 Å². The van der Waals surface area contributed by atoms with Crippen LogP contribution in [0, 0.1) is 0 Å². The van der Waals surface area contributed by atoms with Crippen LogP contribution in [-0.4, -0.2) is 35.2 Å². The highest BCUT2D eigenvalue weighted by atomic mass is 32.2. The maximum atomic E-state index is 11.6. The molecule has 6 nitrogen and oxygen atoms in total. The molecule has 1 rings (SSSR count). The van der Waals surface area contributed by atoms with Gasteiger partial charge >= 0.3 is 0 Å². The SMILES string of the molecule is CCOCCNc1cc(S(=O)(=O)NC)ccc1N. The molecule has 0 aromatic heterocycles. The summed E-state index contributed by atoms with van der Waals surface area (Å²) in [5, 5.41) is 3.04. The largest absolute Gasteiger partial charge is 0.397 e. The second-order valence-corrected chi connectivity index (χ2v) is 5.47. The molecule has 0 saturated heterocycles. The molecular formula is C11H19N3O3S. The number of benzene rings is 1. The van der Waals surface area contributed by atoms with Crippen molar-refractivity contribution < 1.29 is 13.2 Å². The number of nitrogen functional groups attached to an aromatic ring is 1. The van der Waals surface area contributed by atoms with Crippen LogP contribution in [-0.2, 0) is 14.8 Å². The Morgan fingerprint density at radius 3 is 2.72 bits per heavy atom. The van der Waals surface area contributed by atoms with Crippen LogP contribution in [0.1, 0.15) is 6.92 Å². The lowest BCUT2D eigenvalue weighted by Crippen LogP contribution is -2.19. The van der Waals surface area contributed by atoms with Gasteiger partial charge < -0.3 is 15.8 Å². The predicted molar refractivity (Wildman–Crippen MR) is 72.1 cm³/mol. The van der Waals surface area contributed by atoms with E-state index in [4.69, 9.17) is 10.5 Å². The van der Waals surface area contributed by atoms with Gasteiger partial charge in [-0.25, -0.2) is 13.1 Å². The minimum Gasteiger partial charge on any atom is -0.397 e. The molecule has 1 aromatic rings. The van der Waals surface area contributed by atoms with E-state index in [2.05, 4.69) is 10.0 Å². The molecule has 0 aliphatic rings. The summed E-state index contributed by atoms with van der Waals surface area (Å²) in [6.07, 6.45) is 0. The van der Waals surface area contributed by atoms with Crippen molar-refractivity contribution in [3.05, 3.63) is 18.2 Å². The Balaban J connectivity index is 2.82. The summed E-state index contributed by atoms with van der Waals surface area (Å²) in [5.41, 5.74) is 6.86. The van der Waals surface area contributed by atoms with E-state index in [0.717, 1.165) is 0 Å². The number of hydrogen-bond donors (Lipinski definition) is 3. The third-order valence-electron chi connectivity index (χ3n) is 2.37. The maximum absolute atomic E-state index is 11.6. The molecule has 1 aromatic carbocycles. The topological polar surface area (TPSA) is 93.4 Å². The lowest BCUT2D eigenvalue weighted by molar-refractivity contribution is 0.158. The van der Waals surface area contributed by atoms with Crippen molar-refractivity contribution in [1.29, 1.82) is 0 Å². The summed E-state index contributed by atoms with van der Waals surface area (Å²) in [6.45, 7) is 3.67. The molecule has 0 atom stereocenters. The van der Waals surface area contributed by atoms with Gasteiger partial charge in [-0.3, -0.25) is 0 Å². The number of rotatable bonds is 7. The molecule has 0 unspecified atom stereocenters. The number of nitrogens with two attached hydrogens (primary N) is 1. The van der Waals surface area contributed by atoms with Gasteiger partial charge in [-0.05, 0) is 32.2 Å². The van der Waals surface area contributed by atoms with Crippen LogP contribution < -0.4 is 15.8 Å². The van der Waals surface area contributed by atoms with Crippen molar-refractivity contribution in [1.82, 2.24) is 4.72 Å². The molecule has 0 heterocycles. The van der Waals surface area contributed by atoms with Crippen molar-refractivity contribution in [2.75, 3.05) is 37.9 Å². The van der Waals surface area contributed by atoms with Gasteiger partial charge in [0, 0.05) is 13.2 Å². The monoisotopic (exact) mass is 273 g/mol. The first kappa shape index (κ1) is 14.7. The van der Waals surface area contributed by atoms with E-state index in [0.29, 0.717) is 31.1 Å². The fourth-order valence-corrected chi connectivity index (χ4v) is 2.13. The highest BCUT2D eigenvalue weighted by molar-refractivity contribution is 7.89. The Bertz CT molecular complexity index is 488. The van der Waals surface area contributed by atoms with Gasteiger partial charge in [0.1, 0.15) is 0 Å². The van der Waals surface area contributed by atoms with E-state index in [9.17, 15) is 8.42 Å². The van der Waals surface area contributed by atoms with Crippen molar-refractivity contribution in [2.24, 2.45) is 0 Å². The fraction of sp³-hybridized carbons (Fsp3) is 0.455. The number of anilines is 2. The summed E-state index contributed by atoms with van der Waals surface area (Å²) in [4.78, 5) is 0.179. The Morgan fingerprint density at radius 2 is 2.11 bits per heavy atom. The van der Waals surface area contributed by atoms with Gasteiger partial charge in [0.2, 0.25) is 10.0 Å². The minimum absolute atomic E-state index is 0.179. The summed E-state index contributed by atoms with van der Waals surface area (Å²) in [6, 6.07) is 4.54. The maximum Gasteiger partial charge on any atom is 0.240 e. The zero-order valence-electron chi connectivity index (χ0n) is 10.6. The number of hydrogen-bond acceptors (Lipinski definition) is 5. The quantitative estimate of drug-likeness (QED) is 0.500. The van der Waals surface area contributed by atoms with Crippen molar-refractivity contribution >= 4 is 21.4 Å². The van der Waals surface area contributed by atoms with Gasteiger partial charge in [-0.15, -0.1) is 0 Å². The molecule has 7 heteroatoms. The molecule has 0 radical (unpaired) electrons. The Morgan fingerprint density at radius 1 is 1.39 bits per heavy atom. The molecule has 4 N–H and O–H groups in total. The Labute approximate surface area is 108 Å². The molecule has 0 aliphatic heterocycles. The van der Waals surface area contributed by atoms with Crippen LogP contribution >= 0.6 is 0 Å². The highest BCUT2D eigenvalue weighted by Crippen LogP contribution is 2.22. The van der Waals surface area contributed by atoms with E-state index in [1.54, 1.807) is 6.07 Å². The molecule has 0 fully saturated rings. The highest BCUT2D eigenvalue weighted by Gasteiger charge is 2.12. The molecular weight excluding hydrogens is 254 g/mol. The summed E-state index contributed by atoms with van der Waals surface area (Å²) < 4.78 is 30.7. The molecule has 0 amide bonds. The smallest absolute Gasteiger partial charge is 0.240 e. The van der Waals surface area contributed by atoms with Gasteiger partial charge in [0.05, 0.1) is 22.9 Å². The zero-order chi connectivity index (χ0) is 13.6. The van der Waals surface area contributed by atoms with Gasteiger partial charge in [-0.1, -0.05) is 0 Å². The average Bonchev–Trinajstić information content (AvgIpc) is 2.36. The van der Waals surface area contributed by atoms with E-state index in [1.165, 1.54) is 19.2 Å². The van der Waals surface area contributed by atoms with E-state index in [-0.39, 0.29) is 4.90 Å².